The molecule has 0 saturated heterocycles. The molecule has 3 rings (SSSR count). The number of rotatable bonds is 5. The minimum absolute atomic E-state index is 0.336. The van der Waals surface area contributed by atoms with Gasteiger partial charge in [0.25, 0.3) is 0 Å². The van der Waals surface area contributed by atoms with Gasteiger partial charge in [-0.2, -0.15) is 0 Å². The SMILES string of the molecule is Oc1c(Br)cccc1CNC(c1ccccc1)C1CC1. The number of halogens is 1. The van der Waals surface area contributed by atoms with Crippen molar-refractivity contribution in [2.45, 2.75) is 25.4 Å². The van der Waals surface area contributed by atoms with Gasteiger partial charge in [-0.1, -0.05) is 42.5 Å². The molecule has 3 heteroatoms. The van der Waals surface area contributed by atoms with Crippen molar-refractivity contribution in [1.29, 1.82) is 0 Å². The van der Waals surface area contributed by atoms with Crippen LogP contribution in [0.2, 0.25) is 0 Å². The predicted molar refractivity (Wildman–Crippen MR) is 84.6 cm³/mol. The van der Waals surface area contributed by atoms with Crippen LogP contribution in [0.15, 0.2) is 53.0 Å². The van der Waals surface area contributed by atoms with Gasteiger partial charge < -0.3 is 10.4 Å². The standard InChI is InChI=1S/C17H18BrNO/c18-15-8-4-7-14(17(15)20)11-19-16(13-9-10-13)12-5-2-1-3-6-12/h1-8,13,16,19-20H,9-11H2. The quantitative estimate of drug-likeness (QED) is 0.851. The van der Waals surface area contributed by atoms with Crippen molar-refractivity contribution in [3.63, 3.8) is 0 Å². The zero-order valence-electron chi connectivity index (χ0n) is 11.2. The number of phenolic OH excluding ortho intramolecular Hbond substituents is 1. The van der Waals surface area contributed by atoms with Crippen molar-refractivity contribution >= 4 is 15.9 Å². The van der Waals surface area contributed by atoms with E-state index < -0.39 is 0 Å². The van der Waals surface area contributed by atoms with Crippen LogP contribution in [0.25, 0.3) is 0 Å². The minimum atomic E-state index is 0.336. The maximum Gasteiger partial charge on any atom is 0.134 e. The topological polar surface area (TPSA) is 32.3 Å². The molecule has 0 heterocycles. The summed E-state index contributed by atoms with van der Waals surface area (Å²) in [6.07, 6.45) is 2.58. The molecule has 0 bridgehead atoms. The van der Waals surface area contributed by atoms with E-state index in [1.165, 1.54) is 18.4 Å². The summed E-state index contributed by atoms with van der Waals surface area (Å²) >= 11 is 3.36. The summed E-state index contributed by atoms with van der Waals surface area (Å²) in [4.78, 5) is 0. The third-order valence-corrected chi connectivity index (χ3v) is 4.47. The molecule has 2 aromatic rings. The van der Waals surface area contributed by atoms with Crippen LogP contribution in [-0.2, 0) is 6.54 Å². The molecule has 1 fully saturated rings. The first kappa shape index (κ1) is 13.7. The lowest BCUT2D eigenvalue weighted by atomic mass is 10.0. The highest BCUT2D eigenvalue weighted by molar-refractivity contribution is 9.10. The second-order valence-electron chi connectivity index (χ2n) is 5.35. The first-order valence-electron chi connectivity index (χ1n) is 7.00. The number of benzene rings is 2. The largest absolute Gasteiger partial charge is 0.506 e. The number of hydrogen-bond acceptors (Lipinski definition) is 2. The van der Waals surface area contributed by atoms with Crippen LogP contribution in [0, 0.1) is 5.92 Å². The van der Waals surface area contributed by atoms with Crippen LogP contribution in [0.3, 0.4) is 0 Å². The fourth-order valence-corrected chi connectivity index (χ4v) is 2.98. The Morgan fingerprint density at radius 1 is 1.10 bits per heavy atom. The number of aromatic hydroxyl groups is 1. The number of phenols is 1. The van der Waals surface area contributed by atoms with Crippen LogP contribution >= 0.6 is 15.9 Å². The Morgan fingerprint density at radius 3 is 2.55 bits per heavy atom. The molecular formula is C17H18BrNO. The third kappa shape index (κ3) is 3.05. The number of hydrogen-bond donors (Lipinski definition) is 2. The highest BCUT2D eigenvalue weighted by Crippen LogP contribution is 2.41. The Kier molecular flexibility index (Phi) is 4.08. The fourth-order valence-electron chi connectivity index (χ4n) is 2.57. The molecule has 104 valence electrons. The first-order chi connectivity index (χ1) is 9.75. The highest BCUT2D eigenvalue weighted by atomic mass is 79.9. The normalized spacial score (nSPS) is 16.1. The van der Waals surface area contributed by atoms with Crippen molar-refractivity contribution in [1.82, 2.24) is 5.32 Å². The smallest absolute Gasteiger partial charge is 0.134 e. The minimum Gasteiger partial charge on any atom is -0.506 e. The Balaban J connectivity index is 1.73. The van der Waals surface area contributed by atoms with E-state index in [1.807, 2.05) is 24.3 Å². The van der Waals surface area contributed by atoms with Crippen LogP contribution in [0.5, 0.6) is 5.75 Å². The van der Waals surface area contributed by atoms with Gasteiger partial charge in [0.05, 0.1) is 4.47 Å². The third-order valence-electron chi connectivity index (χ3n) is 3.83. The lowest BCUT2D eigenvalue weighted by Gasteiger charge is -2.19. The molecule has 20 heavy (non-hydrogen) atoms. The van der Waals surface area contributed by atoms with E-state index in [-0.39, 0.29) is 0 Å². The molecular weight excluding hydrogens is 314 g/mol. The summed E-state index contributed by atoms with van der Waals surface area (Å²) in [6.45, 7) is 0.682. The molecule has 0 amide bonds. The Bertz CT molecular complexity index is 581. The Labute approximate surface area is 128 Å². The van der Waals surface area contributed by atoms with Crippen molar-refractivity contribution in [3.8, 4) is 5.75 Å². The van der Waals surface area contributed by atoms with Crippen molar-refractivity contribution in [2.24, 2.45) is 5.92 Å². The maximum absolute atomic E-state index is 10.0. The van der Waals surface area contributed by atoms with E-state index in [9.17, 15) is 5.11 Å². The van der Waals surface area contributed by atoms with E-state index in [1.54, 1.807) is 0 Å². The molecule has 2 nitrogen and oxygen atoms in total. The average molecular weight is 332 g/mol. The molecule has 2 N–H and O–H groups in total. The van der Waals surface area contributed by atoms with Crippen molar-refractivity contribution in [3.05, 3.63) is 64.1 Å². The van der Waals surface area contributed by atoms with Crippen LogP contribution in [0.4, 0.5) is 0 Å². The summed E-state index contributed by atoms with van der Waals surface area (Å²) in [6, 6.07) is 16.7. The molecule has 1 atom stereocenters. The number of para-hydroxylation sites is 1. The summed E-state index contributed by atoms with van der Waals surface area (Å²) in [5, 5.41) is 13.6. The zero-order chi connectivity index (χ0) is 13.9. The zero-order valence-corrected chi connectivity index (χ0v) is 12.8. The van der Waals surface area contributed by atoms with E-state index >= 15 is 0 Å². The molecule has 1 aliphatic carbocycles. The second kappa shape index (κ2) is 5.98. The van der Waals surface area contributed by atoms with E-state index in [0.29, 0.717) is 18.3 Å². The van der Waals surface area contributed by atoms with Gasteiger partial charge in [0.15, 0.2) is 0 Å². The van der Waals surface area contributed by atoms with Gasteiger partial charge in [-0.25, -0.2) is 0 Å². The molecule has 0 spiro atoms. The Morgan fingerprint density at radius 2 is 1.85 bits per heavy atom. The van der Waals surface area contributed by atoms with Gasteiger partial charge >= 0.3 is 0 Å². The summed E-state index contributed by atoms with van der Waals surface area (Å²) in [5.74, 6) is 1.06. The lowest BCUT2D eigenvalue weighted by Crippen LogP contribution is -2.22. The molecule has 0 aliphatic heterocycles. The monoisotopic (exact) mass is 331 g/mol. The Hall–Kier alpha value is -1.32. The predicted octanol–water partition coefficient (Wildman–Crippen LogP) is 4.40. The van der Waals surface area contributed by atoms with Gasteiger partial charge in [-0.15, -0.1) is 0 Å². The first-order valence-corrected chi connectivity index (χ1v) is 7.79. The summed E-state index contributed by atoms with van der Waals surface area (Å²) in [5.41, 5.74) is 2.27. The maximum atomic E-state index is 10.0. The van der Waals surface area contributed by atoms with Crippen LogP contribution in [-0.4, -0.2) is 5.11 Å². The molecule has 2 aromatic carbocycles. The molecule has 1 aliphatic rings. The van der Waals surface area contributed by atoms with Gasteiger partial charge in [-0.3, -0.25) is 0 Å². The van der Waals surface area contributed by atoms with Crippen LogP contribution < -0.4 is 5.32 Å². The lowest BCUT2D eigenvalue weighted by molar-refractivity contribution is 0.443. The molecule has 1 unspecified atom stereocenters. The second-order valence-corrected chi connectivity index (χ2v) is 6.21. The number of nitrogens with one attached hydrogen (secondary N) is 1. The van der Waals surface area contributed by atoms with Crippen molar-refractivity contribution in [2.75, 3.05) is 0 Å². The molecule has 1 saturated carbocycles. The van der Waals surface area contributed by atoms with E-state index in [0.717, 1.165) is 16.0 Å². The average Bonchev–Trinajstić information content (AvgIpc) is 3.29. The van der Waals surface area contributed by atoms with Gasteiger partial charge in [0.2, 0.25) is 0 Å². The van der Waals surface area contributed by atoms with Crippen LogP contribution in [0.1, 0.15) is 30.0 Å². The summed E-state index contributed by atoms with van der Waals surface area (Å²) in [7, 11) is 0. The van der Waals surface area contributed by atoms with Gasteiger partial charge in [-0.05, 0) is 46.3 Å². The molecule has 0 radical (unpaired) electrons. The fraction of sp³-hybridized carbons (Fsp3) is 0.294. The van der Waals surface area contributed by atoms with E-state index in [2.05, 4.69) is 45.5 Å². The van der Waals surface area contributed by atoms with Crippen molar-refractivity contribution < 1.29 is 5.11 Å². The van der Waals surface area contributed by atoms with Gasteiger partial charge in [0.1, 0.15) is 5.75 Å². The summed E-state index contributed by atoms with van der Waals surface area (Å²) < 4.78 is 0.750. The highest BCUT2D eigenvalue weighted by Gasteiger charge is 2.31. The molecule has 0 aromatic heterocycles. The van der Waals surface area contributed by atoms with E-state index in [4.69, 9.17) is 0 Å². The van der Waals surface area contributed by atoms with Gasteiger partial charge in [0, 0.05) is 18.2 Å².